The molecule has 0 saturated heterocycles. The Hall–Kier alpha value is -3.61. The first kappa shape index (κ1) is 22.1. The average molecular weight is 423 g/mol. The van der Waals surface area contributed by atoms with Crippen LogP contribution in [0.4, 0.5) is 0 Å². The van der Waals surface area contributed by atoms with Gasteiger partial charge in [0.1, 0.15) is 13.2 Å². The number of hydrogen-bond acceptors (Lipinski definition) is 6. The quantitative estimate of drug-likeness (QED) is 0.368. The van der Waals surface area contributed by atoms with Gasteiger partial charge in [0, 0.05) is 24.2 Å². The molecule has 0 unspecified atom stereocenters. The number of amides is 1. The van der Waals surface area contributed by atoms with Gasteiger partial charge in [0.25, 0.3) is 5.91 Å². The molecule has 3 rings (SSSR count). The number of fused-ring (bicyclic) bond motifs is 1. The number of ether oxygens (including phenoxy) is 3. The van der Waals surface area contributed by atoms with E-state index >= 15 is 0 Å². The lowest BCUT2D eigenvalue weighted by atomic mass is 9.98. The summed E-state index contributed by atoms with van der Waals surface area (Å²) >= 11 is 0. The number of carbonyl (C=O) groups is 3. The van der Waals surface area contributed by atoms with Crippen LogP contribution >= 0.6 is 0 Å². The van der Waals surface area contributed by atoms with Crippen molar-refractivity contribution in [3.05, 3.63) is 71.3 Å². The van der Waals surface area contributed by atoms with E-state index in [4.69, 9.17) is 14.2 Å². The first-order chi connectivity index (χ1) is 14.9. The van der Waals surface area contributed by atoms with Crippen molar-refractivity contribution >= 4 is 17.7 Å². The number of esters is 1. The summed E-state index contributed by atoms with van der Waals surface area (Å²) in [7, 11) is 0. The molecule has 7 nitrogen and oxygen atoms in total. The Kier molecular flexibility index (Phi) is 7.07. The van der Waals surface area contributed by atoms with Gasteiger partial charge in [-0.05, 0) is 38.1 Å². The minimum atomic E-state index is -0.735. The van der Waals surface area contributed by atoms with Gasteiger partial charge in [-0.3, -0.25) is 9.59 Å². The summed E-state index contributed by atoms with van der Waals surface area (Å²) in [6.07, 6.45) is 0. The van der Waals surface area contributed by atoms with Crippen LogP contribution in [0.1, 0.15) is 40.1 Å². The van der Waals surface area contributed by atoms with E-state index in [0.29, 0.717) is 43.4 Å². The van der Waals surface area contributed by atoms with Gasteiger partial charge in [0.15, 0.2) is 23.9 Å². The fourth-order valence-corrected chi connectivity index (χ4v) is 3.20. The molecule has 31 heavy (non-hydrogen) atoms. The molecule has 1 aliphatic rings. The molecule has 0 aromatic heterocycles. The molecule has 0 radical (unpaired) electrons. The molecular formula is C24H25NO6. The van der Waals surface area contributed by atoms with E-state index in [-0.39, 0.29) is 22.8 Å². The van der Waals surface area contributed by atoms with E-state index in [1.54, 1.807) is 41.3 Å². The number of benzene rings is 2. The molecule has 1 amide bonds. The van der Waals surface area contributed by atoms with E-state index in [1.165, 1.54) is 6.07 Å². The third-order valence-corrected chi connectivity index (χ3v) is 4.72. The largest absolute Gasteiger partial charge is 0.486 e. The van der Waals surface area contributed by atoms with E-state index in [1.807, 2.05) is 13.8 Å². The third-order valence-electron chi connectivity index (χ3n) is 4.72. The zero-order chi connectivity index (χ0) is 22.4. The molecule has 2 aromatic carbocycles. The van der Waals surface area contributed by atoms with Crippen LogP contribution in [0.3, 0.4) is 0 Å². The minimum Gasteiger partial charge on any atom is -0.486 e. The highest BCUT2D eigenvalue weighted by Crippen LogP contribution is 2.31. The van der Waals surface area contributed by atoms with E-state index in [0.717, 1.165) is 5.57 Å². The van der Waals surface area contributed by atoms with Crippen LogP contribution < -0.4 is 9.47 Å². The van der Waals surface area contributed by atoms with Crippen LogP contribution in [0, 0.1) is 0 Å². The number of rotatable bonds is 8. The highest BCUT2D eigenvalue weighted by molar-refractivity contribution is 6.14. The van der Waals surface area contributed by atoms with E-state index < -0.39 is 12.6 Å². The van der Waals surface area contributed by atoms with Gasteiger partial charge in [-0.2, -0.15) is 0 Å². The maximum atomic E-state index is 13.1. The van der Waals surface area contributed by atoms with Gasteiger partial charge in [0.2, 0.25) is 0 Å². The van der Waals surface area contributed by atoms with Crippen LogP contribution in [0.25, 0.3) is 0 Å². The lowest BCUT2D eigenvalue weighted by Gasteiger charge is -2.21. The molecule has 0 N–H and O–H groups in total. The average Bonchev–Trinajstić information content (AvgIpc) is 2.79. The molecule has 0 saturated carbocycles. The molecular weight excluding hydrogens is 398 g/mol. The molecule has 7 heteroatoms. The molecule has 0 spiro atoms. The SMILES string of the molecule is C=C(C)CN(CC)C(=O)COC(=O)c1ccccc1C(=O)c1ccc2c(c1)OCCO2. The second-order valence-electron chi connectivity index (χ2n) is 7.17. The second-order valence-corrected chi connectivity index (χ2v) is 7.17. The fourth-order valence-electron chi connectivity index (χ4n) is 3.20. The molecule has 2 aromatic rings. The number of likely N-dealkylation sites (N-methyl/N-ethyl adjacent to an activating group) is 1. The van der Waals surface area contributed by atoms with Crippen molar-refractivity contribution in [3.63, 3.8) is 0 Å². The monoisotopic (exact) mass is 423 g/mol. The summed E-state index contributed by atoms with van der Waals surface area (Å²) in [6.45, 7) is 8.77. The second kappa shape index (κ2) is 9.93. The maximum Gasteiger partial charge on any atom is 0.339 e. The third kappa shape index (κ3) is 5.31. The molecule has 0 fully saturated rings. The van der Waals surface area contributed by atoms with Crippen molar-refractivity contribution in [2.24, 2.45) is 0 Å². The number of ketones is 1. The van der Waals surface area contributed by atoms with Crippen LogP contribution in [0.2, 0.25) is 0 Å². The van der Waals surface area contributed by atoms with E-state index in [2.05, 4.69) is 6.58 Å². The topological polar surface area (TPSA) is 82.1 Å². The highest BCUT2D eigenvalue weighted by atomic mass is 16.6. The van der Waals surface area contributed by atoms with Crippen molar-refractivity contribution in [3.8, 4) is 11.5 Å². The summed E-state index contributed by atoms with van der Waals surface area (Å²) in [5.41, 5.74) is 1.47. The molecule has 1 aliphatic heterocycles. The normalized spacial score (nSPS) is 12.1. The van der Waals surface area contributed by atoms with Gasteiger partial charge in [-0.1, -0.05) is 30.4 Å². The Balaban J connectivity index is 1.75. The Morgan fingerprint density at radius 3 is 2.39 bits per heavy atom. The van der Waals surface area contributed by atoms with Crippen molar-refractivity contribution < 1.29 is 28.6 Å². The van der Waals surface area contributed by atoms with Crippen molar-refractivity contribution in [2.45, 2.75) is 13.8 Å². The zero-order valence-electron chi connectivity index (χ0n) is 17.7. The van der Waals surface area contributed by atoms with E-state index in [9.17, 15) is 14.4 Å². The Morgan fingerprint density at radius 1 is 1.03 bits per heavy atom. The Bertz CT molecular complexity index is 1010. The summed E-state index contributed by atoms with van der Waals surface area (Å²) < 4.78 is 16.2. The number of hydrogen-bond donors (Lipinski definition) is 0. The van der Waals surface area contributed by atoms with Gasteiger partial charge in [-0.15, -0.1) is 0 Å². The molecule has 0 atom stereocenters. The summed E-state index contributed by atoms with van der Waals surface area (Å²) in [5.74, 6) is -0.354. The van der Waals surface area contributed by atoms with Gasteiger partial charge in [0.05, 0.1) is 5.56 Å². The van der Waals surface area contributed by atoms with Crippen LogP contribution in [-0.4, -0.2) is 55.5 Å². The highest BCUT2D eigenvalue weighted by Gasteiger charge is 2.22. The first-order valence-electron chi connectivity index (χ1n) is 10.0. The lowest BCUT2D eigenvalue weighted by molar-refractivity contribution is -0.133. The summed E-state index contributed by atoms with van der Waals surface area (Å²) in [4.78, 5) is 39.6. The fraction of sp³-hybridized carbons (Fsp3) is 0.292. The van der Waals surface area contributed by atoms with Crippen molar-refractivity contribution in [2.75, 3.05) is 32.9 Å². The van der Waals surface area contributed by atoms with Gasteiger partial charge in [-0.25, -0.2) is 4.79 Å². The zero-order valence-corrected chi connectivity index (χ0v) is 17.7. The minimum absolute atomic E-state index is 0.0955. The van der Waals surface area contributed by atoms with Gasteiger partial charge >= 0.3 is 5.97 Å². The molecule has 0 bridgehead atoms. The summed E-state index contributed by atoms with van der Waals surface area (Å²) in [5, 5.41) is 0. The maximum absolute atomic E-state index is 13.1. The first-order valence-corrected chi connectivity index (χ1v) is 10.0. The summed E-state index contributed by atoms with van der Waals surface area (Å²) in [6, 6.07) is 11.2. The standard InChI is InChI=1S/C24H25NO6/c1-4-25(14-16(2)3)22(26)15-31-24(28)19-8-6-5-7-18(19)23(27)17-9-10-20-21(13-17)30-12-11-29-20/h5-10,13H,2,4,11-12,14-15H2,1,3H3. The number of nitrogens with zero attached hydrogens (tertiary/aromatic N) is 1. The Labute approximate surface area is 181 Å². The Morgan fingerprint density at radius 2 is 1.71 bits per heavy atom. The van der Waals surface area contributed by atoms with Crippen molar-refractivity contribution in [1.29, 1.82) is 0 Å². The number of carbonyl (C=O) groups excluding carboxylic acids is 3. The van der Waals surface area contributed by atoms with Crippen LogP contribution in [0.15, 0.2) is 54.6 Å². The molecule has 0 aliphatic carbocycles. The smallest absolute Gasteiger partial charge is 0.339 e. The predicted octanol–water partition coefficient (Wildman–Crippen LogP) is 3.27. The van der Waals surface area contributed by atoms with Gasteiger partial charge < -0.3 is 19.1 Å². The lowest BCUT2D eigenvalue weighted by Crippen LogP contribution is -2.35. The van der Waals surface area contributed by atoms with Crippen molar-refractivity contribution in [1.82, 2.24) is 4.90 Å². The molecule has 162 valence electrons. The van der Waals surface area contributed by atoms with Crippen LogP contribution in [-0.2, 0) is 9.53 Å². The predicted molar refractivity (Wildman–Crippen MR) is 115 cm³/mol. The van der Waals surface area contributed by atoms with Crippen LogP contribution in [0.5, 0.6) is 11.5 Å². The molecule has 1 heterocycles.